The lowest BCUT2D eigenvalue weighted by Crippen LogP contribution is -2.25. The molecule has 0 amide bonds. The molecule has 16 heavy (non-hydrogen) atoms. The topological polar surface area (TPSA) is 29.9 Å². The van der Waals surface area contributed by atoms with Gasteiger partial charge in [0.05, 0.1) is 5.69 Å². The van der Waals surface area contributed by atoms with Crippen molar-refractivity contribution in [2.45, 2.75) is 51.5 Å². The standard InChI is InChI=1S/C13H23N3/c1-13(2,3)12-10(9-16(4)15-12)8-11-6-5-7-14-11/h9,11,14H,5-8H2,1-4H3. The molecule has 3 nitrogen and oxygen atoms in total. The van der Waals surface area contributed by atoms with Crippen molar-refractivity contribution in [1.29, 1.82) is 0 Å². The zero-order valence-corrected chi connectivity index (χ0v) is 10.9. The Kier molecular flexibility index (Phi) is 3.06. The highest BCUT2D eigenvalue weighted by Crippen LogP contribution is 2.26. The predicted molar refractivity (Wildman–Crippen MR) is 66.6 cm³/mol. The molecule has 0 bridgehead atoms. The summed E-state index contributed by atoms with van der Waals surface area (Å²) in [6.07, 6.45) is 5.93. The molecule has 1 aromatic heterocycles. The van der Waals surface area contributed by atoms with Gasteiger partial charge in [-0.2, -0.15) is 5.10 Å². The maximum Gasteiger partial charge on any atom is 0.0710 e. The molecule has 1 unspecified atom stereocenters. The number of hydrogen-bond donors (Lipinski definition) is 1. The van der Waals surface area contributed by atoms with Gasteiger partial charge in [0.2, 0.25) is 0 Å². The fourth-order valence-corrected chi connectivity index (χ4v) is 2.51. The van der Waals surface area contributed by atoms with Crippen molar-refractivity contribution in [3.63, 3.8) is 0 Å². The highest BCUT2D eigenvalue weighted by Gasteiger charge is 2.24. The van der Waals surface area contributed by atoms with Crippen LogP contribution in [-0.2, 0) is 18.9 Å². The Balaban J connectivity index is 2.19. The van der Waals surface area contributed by atoms with E-state index in [0.29, 0.717) is 6.04 Å². The Morgan fingerprint density at radius 2 is 2.25 bits per heavy atom. The third-order valence-corrected chi connectivity index (χ3v) is 3.24. The van der Waals surface area contributed by atoms with Crippen LogP contribution in [0.15, 0.2) is 6.20 Å². The Hall–Kier alpha value is -0.830. The minimum Gasteiger partial charge on any atom is -0.314 e. The van der Waals surface area contributed by atoms with Gasteiger partial charge in [0.1, 0.15) is 0 Å². The van der Waals surface area contributed by atoms with E-state index < -0.39 is 0 Å². The first-order valence-electron chi connectivity index (χ1n) is 6.23. The summed E-state index contributed by atoms with van der Waals surface area (Å²) in [5.74, 6) is 0. The summed E-state index contributed by atoms with van der Waals surface area (Å²) >= 11 is 0. The Labute approximate surface area is 98.2 Å². The quantitative estimate of drug-likeness (QED) is 0.828. The van der Waals surface area contributed by atoms with E-state index in [1.54, 1.807) is 0 Å². The normalized spacial score (nSPS) is 21.6. The number of nitrogens with one attached hydrogen (secondary N) is 1. The van der Waals surface area contributed by atoms with Crippen LogP contribution in [0.5, 0.6) is 0 Å². The first-order chi connectivity index (χ1) is 7.47. The molecule has 1 saturated heterocycles. The van der Waals surface area contributed by atoms with Crippen LogP contribution in [0.1, 0.15) is 44.9 Å². The monoisotopic (exact) mass is 221 g/mol. The van der Waals surface area contributed by atoms with Crippen LogP contribution >= 0.6 is 0 Å². The van der Waals surface area contributed by atoms with Crippen molar-refractivity contribution in [3.05, 3.63) is 17.5 Å². The van der Waals surface area contributed by atoms with Crippen molar-refractivity contribution in [1.82, 2.24) is 15.1 Å². The molecule has 1 N–H and O–H groups in total. The molecule has 1 aromatic rings. The van der Waals surface area contributed by atoms with Gasteiger partial charge in [0, 0.05) is 24.7 Å². The Morgan fingerprint density at radius 3 is 2.81 bits per heavy atom. The zero-order chi connectivity index (χ0) is 11.8. The van der Waals surface area contributed by atoms with Gasteiger partial charge >= 0.3 is 0 Å². The lowest BCUT2D eigenvalue weighted by atomic mass is 9.88. The molecule has 0 spiro atoms. The molecule has 90 valence electrons. The number of aryl methyl sites for hydroxylation is 1. The maximum atomic E-state index is 4.61. The third-order valence-electron chi connectivity index (χ3n) is 3.24. The molecule has 2 heterocycles. The van der Waals surface area contributed by atoms with Gasteiger partial charge in [-0.25, -0.2) is 0 Å². The van der Waals surface area contributed by atoms with Crippen molar-refractivity contribution >= 4 is 0 Å². The van der Waals surface area contributed by atoms with Gasteiger partial charge in [0.15, 0.2) is 0 Å². The van der Waals surface area contributed by atoms with E-state index in [4.69, 9.17) is 0 Å². The van der Waals surface area contributed by atoms with Crippen LogP contribution in [-0.4, -0.2) is 22.4 Å². The van der Waals surface area contributed by atoms with Crippen LogP contribution in [0.3, 0.4) is 0 Å². The first kappa shape index (κ1) is 11.6. The van der Waals surface area contributed by atoms with Crippen molar-refractivity contribution in [2.75, 3.05) is 6.54 Å². The highest BCUT2D eigenvalue weighted by atomic mass is 15.3. The third kappa shape index (κ3) is 2.46. The van der Waals surface area contributed by atoms with Crippen LogP contribution in [0.4, 0.5) is 0 Å². The van der Waals surface area contributed by atoms with Crippen molar-refractivity contribution in [3.8, 4) is 0 Å². The molecule has 1 fully saturated rings. The Bertz CT molecular complexity index is 354. The zero-order valence-electron chi connectivity index (χ0n) is 10.9. The second kappa shape index (κ2) is 4.21. The first-order valence-corrected chi connectivity index (χ1v) is 6.23. The SMILES string of the molecule is Cn1cc(CC2CCCN2)c(C(C)(C)C)n1. The van der Waals surface area contributed by atoms with E-state index in [2.05, 4.69) is 37.4 Å². The second-order valence-corrected chi connectivity index (χ2v) is 5.92. The number of rotatable bonds is 2. The largest absolute Gasteiger partial charge is 0.314 e. The summed E-state index contributed by atoms with van der Waals surface area (Å²) in [6.45, 7) is 7.89. The van der Waals surface area contributed by atoms with E-state index in [1.165, 1.54) is 30.6 Å². The van der Waals surface area contributed by atoms with Gasteiger partial charge < -0.3 is 5.32 Å². The number of aromatic nitrogens is 2. The lowest BCUT2D eigenvalue weighted by Gasteiger charge is -2.19. The average Bonchev–Trinajstić information content (AvgIpc) is 2.74. The molecule has 1 aliphatic rings. The van der Waals surface area contributed by atoms with E-state index in [1.807, 2.05) is 11.7 Å². The van der Waals surface area contributed by atoms with Gasteiger partial charge in [-0.15, -0.1) is 0 Å². The van der Waals surface area contributed by atoms with Crippen molar-refractivity contribution < 1.29 is 0 Å². The number of hydrogen-bond acceptors (Lipinski definition) is 2. The van der Waals surface area contributed by atoms with Gasteiger partial charge in [0.25, 0.3) is 0 Å². The summed E-state index contributed by atoms with van der Waals surface area (Å²) in [6, 6.07) is 0.658. The minimum absolute atomic E-state index is 0.148. The smallest absolute Gasteiger partial charge is 0.0710 e. The van der Waals surface area contributed by atoms with E-state index in [9.17, 15) is 0 Å². The van der Waals surface area contributed by atoms with E-state index >= 15 is 0 Å². The highest BCUT2D eigenvalue weighted by molar-refractivity contribution is 5.25. The molecule has 2 rings (SSSR count). The van der Waals surface area contributed by atoms with Crippen LogP contribution < -0.4 is 5.32 Å². The summed E-state index contributed by atoms with van der Waals surface area (Å²) in [7, 11) is 2.01. The molecule has 0 aromatic carbocycles. The van der Waals surface area contributed by atoms with Crippen molar-refractivity contribution in [2.24, 2.45) is 7.05 Å². The van der Waals surface area contributed by atoms with Crippen LogP contribution in [0.2, 0.25) is 0 Å². The minimum atomic E-state index is 0.148. The maximum absolute atomic E-state index is 4.61. The molecule has 1 atom stereocenters. The molecule has 0 aliphatic carbocycles. The molecular weight excluding hydrogens is 198 g/mol. The molecule has 0 saturated carbocycles. The van der Waals surface area contributed by atoms with Gasteiger partial charge in [-0.3, -0.25) is 4.68 Å². The average molecular weight is 221 g/mol. The molecular formula is C13H23N3. The fourth-order valence-electron chi connectivity index (χ4n) is 2.51. The lowest BCUT2D eigenvalue weighted by molar-refractivity contribution is 0.537. The number of nitrogens with zero attached hydrogens (tertiary/aromatic N) is 2. The van der Waals surface area contributed by atoms with E-state index in [-0.39, 0.29) is 5.41 Å². The van der Waals surface area contributed by atoms with E-state index in [0.717, 1.165) is 6.42 Å². The molecule has 1 aliphatic heterocycles. The molecule has 3 heteroatoms. The second-order valence-electron chi connectivity index (χ2n) is 5.92. The molecule has 0 radical (unpaired) electrons. The van der Waals surface area contributed by atoms with Crippen LogP contribution in [0.25, 0.3) is 0 Å². The summed E-state index contributed by atoms with van der Waals surface area (Å²) < 4.78 is 1.95. The van der Waals surface area contributed by atoms with Crippen LogP contribution in [0, 0.1) is 0 Å². The predicted octanol–water partition coefficient (Wildman–Crippen LogP) is 2.01. The summed E-state index contributed by atoms with van der Waals surface area (Å²) in [4.78, 5) is 0. The summed E-state index contributed by atoms with van der Waals surface area (Å²) in [5, 5.41) is 8.17. The van der Waals surface area contributed by atoms with Gasteiger partial charge in [-0.1, -0.05) is 20.8 Å². The Morgan fingerprint density at radius 1 is 1.50 bits per heavy atom. The summed E-state index contributed by atoms with van der Waals surface area (Å²) in [5.41, 5.74) is 2.81. The van der Waals surface area contributed by atoms with Gasteiger partial charge in [-0.05, 0) is 31.4 Å². The fraction of sp³-hybridized carbons (Fsp3) is 0.769.